The van der Waals surface area contributed by atoms with Crippen molar-refractivity contribution in [3.8, 4) is 11.5 Å². The van der Waals surface area contributed by atoms with Crippen molar-refractivity contribution >= 4 is 46.8 Å². The van der Waals surface area contributed by atoms with Gasteiger partial charge in [-0.3, -0.25) is 28.5 Å². The predicted molar refractivity (Wildman–Crippen MR) is 143 cm³/mol. The molecule has 228 valence electrons. The highest BCUT2D eigenvalue weighted by atomic mass is 16.7. The van der Waals surface area contributed by atoms with Crippen molar-refractivity contribution in [2.45, 2.75) is 65.7 Å². The van der Waals surface area contributed by atoms with Crippen LogP contribution in [0, 0.1) is 0 Å². The molecule has 3 aromatic rings. The minimum absolute atomic E-state index is 0.0691. The van der Waals surface area contributed by atoms with E-state index in [9.17, 15) is 24.0 Å². The first-order valence-corrected chi connectivity index (χ1v) is 13.0. The Kier molecular flexibility index (Phi) is 9.49. The van der Waals surface area contributed by atoms with Gasteiger partial charge in [-0.15, -0.1) is 0 Å². The summed E-state index contributed by atoms with van der Waals surface area (Å²) in [6.45, 7) is 6.00. The number of esters is 5. The summed E-state index contributed by atoms with van der Waals surface area (Å²) in [5, 5.41) is 3.14. The number of nitrogens with zero attached hydrogens (tertiary/aromatic N) is 4. The highest BCUT2D eigenvalue weighted by Crippen LogP contribution is 2.36. The zero-order chi connectivity index (χ0) is 31.3. The van der Waals surface area contributed by atoms with Crippen LogP contribution in [0.5, 0.6) is 11.5 Å². The minimum Gasteiger partial charge on any atom is -0.463 e. The monoisotopic (exact) mass is 599 g/mol. The summed E-state index contributed by atoms with van der Waals surface area (Å²) < 4.78 is 33.9. The number of hydrogen-bond acceptors (Lipinski definition) is 15. The van der Waals surface area contributed by atoms with Crippen molar-refractivity contribution in [2.75, 3.05) is 11.9 Å². The molecule has 1 aliphatic rings. The molecule has 4 atom stereocenters. The van der Waals surface area contributed by atoms with Crippen LogP contribution < -0.4 is 14.8 Å². The molecule has 0 saturated carbocycles. The Morgan fingerprint density at radius 2 is 1.51 bits per heavy atom. The second-order valence-corrected chi connectivity index (χ2v) is 9.38. The molecule has 0 radical (unpaired) electrons. The van der Waals surface area contributed by atoms with Crippen LogP contribution in [0.25, 0.3) is 11.2 Å². The van der Waals surface area contributed by atoms with Crippen molar-refractivity contribution in [1.82, 2.24) is 19.5 Å². The summed E-state index contributed by atoms with van der Waals surface area (Å²) in [4.78, 5) is 71.3. The summed E-state index contributed by atoms with van der Waals surface area (Å²) in [5.41, 5.74) is 1.28. The summed E-state index contributed by atoms with van der Waals surface area (Å²) in [6.07, 6.45) is -1.54. The predicted octanol–water partition coefficient (Wildman–Crippen LogP) is 1.61. The van der Waals surface area contributed by atoms with Crippen LogP contribution in [0.4, 0.5) is 5.82 Å². The Morgan fingerprint density at radius 3 is 2.16 bits per heavy atom. The lowest BCUT2D eigenvalue weighted by Gasteiger charge is -2.23. The molecule has 1 fully saturated rings. The molecule has 1 saturated heterocycles. The lowest BCUT2D eigenvalue weighted by atomic mass is 10.1. The third-order valence-electron chi connectivity index (χ3n) is 5.95. The van der Waals surface area contributed by atoms with Gasteiger partial charge in [0.05, 0.1) is 6.33 Å². The van der Waals surface area contributed by atoms with Gasteiger partial charge >= 0.3 is 29.8 Å². The molecule has 2 aromatic heterocycles. The maximum atomic E-state index is 12.0. The number of anilines is 1. The first-order chi connectivity index (χ1) is 20.4. The first kappa shape index (κ1) is 30.8. The molecule has 3 heterocycles. The number of carbonyl (C=O) groups excluding carboxylic acids is 5. The third-order valence-corrected chi connectivity index (χ3v) is 5.95. The lowest BCUT2D eigenvalue weighted by Crippen LogP contribution is -2.40. The molecule has 1 N–H and O–H groups in total. The summed E-state index contributed by atoms with van der Waals surface area (Å²) in [6, 6.07) is 4.71. The van der Waals surface area contributed by atoms with Crippen molar-refractivity contribution in [1.29, 1.82) is 0 Å². The van der Waals surface area contributed by atoms with Gasteiger partial charge in [0, 0.05) is 41.2 Å². The van der Waals surface area contributed by atoms with Crippen molar-refractivity contribution in [3.63, 3.8) is 0 Å². The molecule has 43 heavy (non-hydrogen) atoms. The minimum atomic E-state index is -1.12. The maximum absolute atomic E-state index is 12.0. The standard InChI is InChI=1S/C27H29N5O11/c1-13(33)38-10-21-23(41-16(4)36)24(42-17(5)37)27(43-21)32-12-31-22-25(29-11-30-26(22)32)28-9-18-6-7-19(39-14(2)34)20(8-18)40-15(3)35/h6-8,11-12,21,23-24,27H,9-10H2,1-5H3,(H,28,29,30)/t21-,23-,24-,27-/m1/s1. The normalized spacial score (nSPS) is 19.4. The van der Waals surface area contributed by atoms with Gasteiger partial charge in [0.2, 0.25) is 0 Å². The van der Waals surface area contributed by atoms with Crippen LogP contribution in [0.2, 0.25) is 0 Å². The molecule has 0 aliphatic carbocycles. The fourth-order valence-electron chi connectivity index (χ4n) is 4.41. The number of aromatic nitrogens is 4. The lowest BCUT2D eigenvalue weighted by molar-refractivity contribution is -0.166. The molecule has 1 aromatic carbocycles. The number of hydrogen-bond donors (Lipinski definition) is 1. The first-order valence-electron chi connectivity index (χ1n) is 13.0. The quantitative estimate of drug-likeness (QED) is 0.200. The van der Waals surface area contributed by atoms with E-state index in [0.29, 0.717) is 22.5 Å². The smallest absolute Gasteiger partial charge is 0.308 e. The SMILES string of the molecule is CC(=O)OC[C@H]1O[C@@H](n2cnc3c(NCc4ccc(OC(C)=O)c(OC(C)=O)c4)ncnc32)[C@H](OC(C)=O)[C@@H]1OC(C)=O. The molecule has 16 nitrogen and oxygen atoms in total. The number of carbonyl (C=O) groups is 5. The molecule has 0 bridgehead atoms. The average Bonchev–Trinajstić information content (AvgIpc) is 3.48. The van der Waals surface area contributed by atoms with Crippen LogP contribution in [-0.4, -0.2) is 74.3 Å². The van der Waals surface area contributed by atoms with E-state index in [4.69, 9.17) is 28.4 Å². The molecule has 0 unspecified atom stereocenters. The summed E-state index contributed by atoms with van der Waals surface area (Å²) in [5.74, 6) is -2.55. The zero-order valence-corrected chi connectivity index (χ0v) is 23.9. The van der Waals surface area contributed by atoms with Crippen molar-refractivity contribution in [2.24, 2.45) is 0 Å². The number of benzene rings is 1. The zero-order valence-electron chi connectivity index (χ0n) is 23.9. The van der Waals surface area contributed by atoms with E-state index in [1.807, 2.05) is 0 Å². The van der Waals surface area contributed by atoms with Gasteiger partial charge in [0.1, 0.15) is 19.0 Å². The van der Waals surface area contributed by atoms with Crippen LogP contribution in [0.3, 0.4) is 0 Å². The summed E-state index contributed by atoms with van der Waals surface area (Å²) >= 11 is 0. The van der Waals surface area contributed by atoms with Crippen LogP contribution in [0.15, 0.2) is 30.9 Å². The van der Waals surface area contributed by atoms with Gasteiger partial charge in [-0.05, 0) is 17.7 Å². The topological polar surface area (TPSA) is 196 Å². The number of fused-ring (bicyclic) bond motifs is 1. The van der Waals surface area contributed by atoms with E-state index in [1.54, 1.807) is 6.07 Å². The number of nitrogens with one attached hydrogen (secondary N) is 1. The molecule has 0 spiro atoms. The van der Waals surface area contributed by atoms with Crippen LogP contribution >= 0.6 is 0 Å². The molecule has 4 rings (SSSR count). The second kappa shape index (κ2) is 13.2. The van der Waals surface area contributed by atoms with Gasteiger partial charge in [0.25, 0.3) is 0 Å². The average molecular weight is 600 g/mol. The highest BCUT2D eigenvalue weighted by Gasteiger charge is 2.51. The third kappa shape index (κ3) is 7.59. The fourth-order valence-corrected chi connectivity index (χ4v) is 4.41. The van der Waals surface area contributed by atoms with Gasteiger partial charge in [-0.1, -0.05) is 6.07 Å². The van der Waals surface area contributed by atoms with Crippen LogP contribution in [0.1, 0.15) is 46.4 Å². The maximum Gasteiger partial charge on any atom is 0.308 e. The van der Waals surface area contributed by atoms with Gasteiger partial charge in [-0.25, -0.2) is 15.0 Å². The fraction of sp³-hybridized carbons (Fsp3) is 0.407. The number of imidazole rings is 1. The van der Waals surface area contributed by atoms with E-state index < -0.39 is 54.4 Å². The molecular weight excluding hydrogens is 570 g/mol. The highest BCUT2D eigenvalue weighted by molar-refractivity contribution is 5.83. The molecular formula is C27H29N5O11. The Hall–Kier alpha value is -5.12. The largest absolute Gasteiger partial charge is 0.463 e. The van der Waals surface area contributed by atoms with E-state index in [-0.39, 0.29) is 24.7 Å². The van der Waals surface area contributed by atoms with Crippen LogP contribution in [-0.2, 0) is 49.5 Å². The van der Waals surface area contributed by atoms with Gasteiger partial charge in [0.15, 0.2) is 46.9 Å². The van der Waals surface area contributed by atoms with Gasteiger partial charge < -0.3 is 33.7 Å². The number of rotatable bonds is 10. The Morgan fingerprint density at radius 1 is 0.837 bits per heavy atom. The summed E-state index contributed by atoms with van der Waals surface area (Å²) in [7, 11) is 0. The van der Waals surface area contributed by atoms with Crippen molar-refractivity contribution < 1.29 is 52.4 Å². The van der Waals surface area contributed by atoms with E-state index in [2.05, 4.69) is 20.3 Å². The van der Waals surface area contributed by atoms with E-state index >= 15 is 0 Å². The molecule has 0 amide bonds. The van der Waals surface area contributed by atoms with E-state index in [1.165, 1.54) is 64.0 Å². The number of ether oxygens (including phenoxy) is 6. The Balaban J connectivity index is 1.62. The molecule has 16 heteroatoms. The molecule has 1 aliphatic heterocycles. The van der Waals surface area contributed by atoms with E-state index in [0.717, 1.165) is 0 Å². The Bertz CT molecular complexity index is 1560. The van der Waals surface area contributed by atoms with Crippen molar-refractivity contribution in [3.05, 3.63) is 36.4 Å². The second-order valence-electron chi connectivity index (χ2n) is 9.38. The Labute approximate surface area is 244 Å². The van der Waals surface area contributed by atoms with Gasteiger partial charge in [-0.2, -0.15) is 0 Å².